The number of aromatic nitrogens is 1. The number of rotatable bonds is 2. The Bertz CT molecular complexity index is 963. The predicted octanol–water partition coefficient (Wildman–Crippen LogP) is 5.08. The number of nitrogens with two attached hydrogens (primary N) is 1. The maximum Gasteiger partial charge on any atom is 0.142 e. The van der Waals surface area contributed by atoms with Crippen molar-refractivity contribution >= 4 is 21.7 Å². The third-order valence-corrected chi connectivity index (χ3v) is 4.32. The Kier molecular flexibility index (Phi) is 4.32. The normalized spacial score (nSPS) is 10.4. The summed E-state index contributed by atoms with van der Waals surface area (Å²) in [6.45, 7) is 1.83. The minimum atomic E-state index is -0.423. The number of pyridine rings is 1. The van der Waals surface area contributed by atoms with Crippen LogP contribution < -0.4 is 5.73 Å². The largest absolute Gasteiger partial charge is 0.383 e. The van der Waals surface area contributed by atoms with Crippen molar-refractivity contribution in [2.75, 3.05) is 5.73 Å². The van der Waals surface area contributed by atoms with Gasteiger partial charge in [0.05, 0.1) is 5.69 Å². The molecule has 0 amide bonds. The van der Waals surface area contributed by atoms with E-state index >= 15 is 0 Å². The van der Waals surface area contributed by atoms with E-state index in [1.165, 1.54) is 6.07 Å². The van der Waals surface area contributed by atoms with Gasteiger partial charge in [0.15, 0.2) is 0 Å². The van der Waals surface area contributed by atoms with Crippen LogP contribution in [0, 0.1) is 24.1 Å². The molecule has 5 heteroatoms. The van der Waals surface area contributed by atoms with Crippen molar-refractivity contribution in [3.8, 4) is 28.5 Å². The number of nitrogen functional groups attached to an aromatic ring is 1. The summed E-state index contributed by atoms with van der Waals surface area (Å²) in [5.41, 5.74) is 9.22. The Morgan fingerprint density at radius 3 is 2.50 bits per heavy atom. The second kappa shape index (κ2) is 6.42. The van der Waals surface area contributed by atoms with Crippen LogP contribution in [0.3, 0.4) is 0 Å². The smallest absolute Gasteiger partial charge is 0.142 e. The van der Waals surface area contributed by atoms with Gasteiger partial charge in [-0.25, -0.2) is 9.37 Å². The molecule has 3 nitrogen and oxygen atoms in total. The summed E-state index contributed by atoms with van der Waals surface area (Å²) in [4.78, 5) is 4.37. The van der Waals surface area contributed by atoms with Crippen molar-refractivity contribution in [2.45, 2.75) is 6.92 Å². The van der Waals surface area contributed by atoms with E-state index < -0.39 is 5.82 Å². The summed E-state index contributed by atoms with van der Waals surface area (Å²) in [5.74, 6) is -0.326. The van der Waals surface area contributed by atoms with Gasteiger partial charge in [-0.1, -0.05) is 52.3 Å². The predicted molar refractivity (Wildman–Crippen MR) is 96.6 cm³/mol. The van der Waals surface area contributed by atoms with E-state index in [0.29, 0.717) is 26.9 Å². The lowest BCUT2D eigenvalue weighted by Crippen LogP contribution is -2.04. The molecule has 0 bridgehead atoms. The quantitative estimate of drug-likeness (QED) is 0.672. The number of halogens is 2. The van der Waals surface area contributed by atoms with Gasteiger partial charge in [0.2, 0.25) is 0 Å². The molecule has 0 spiro atoms. The maximum atomic E-state index is 14.5. The average molecular weight is 382 g/mol. The molecule has 0 fully saturated rings. The highest BCUT2D eigenvalue weighted by Crippen LogP contribution is 2.37. The van der Waals surface area contributed by atoms with E-state index in [2.05, 4.69) is 27.0 Å². The molecule has 1 aromatic heterocycles. The highest BCUT2D eigenvalue weighted by molar-refractivity contribution is 9.10. The van der Waals surface area contributed by atoms with Gasteiger partial charge in [0.1, 0.15) is 23.3 Å². The van der Waals surface area contributed by atoms with Crippen LogP contribution in [0.15, 0.2) is 53.0 Å². The third-order valence-electron chi connectivity index (χ3n) is 3.83. The van der Waals surface area contributed by atoms with Crippen molar-refractivity contribution < 1.29 is 4.39 Å². The number of nitrogens with zero attached hydrogens (tertiary/aromatic N) is 2. The van der Waals surface area contributed by atoms with E-state index in [1.807, 2.05) is 37.3 Å². The van der Waals surface area contributed by atoms with Crippen molar-refractivity contribution in [1.82, 2.24) is 4.98 Å². The van der Waals surface area contributed by atoms with Gasteiger partial charge in [-0.15, -0.1) is 0 Å². The molecular weight excluding hydrogens is 369 g/mol. The van der Waals surface area contributed by atoms with Crippen molar-refractivity contribution in [2.24, 2.45) is 0 Å². The van der Waals surface area contributed by atoms with Gasteiger partial charge in [-0.05, 0) is 24.6 Å². The Morgan fingerprint density at radius 2 is 1.88 bits per heavy atom. The van der Waals surface area contributed by atoms with E-state index in [1.54, 1.807) is 12.1 Å². The first-order valence-electron chi connectivity index (χ1n) is 7.24. The lowest BCUT2D eigenvalue weighted by atomic mass is 9.92. The highest BCUT2D eigenvalue weighted by Gasteiger charge is 2.20. The molecule has 3 rings (SSSR count). The molecular formula is C19H13BrFN3. The molecule has 118 valence electrons. The molecule has 0 saturated heterocycles. The van der Waals surface area contributed by atoms with Crippen LogP contribution in [-0.2, 0) is 0 Å². The Labute approximate surface area is 147 Å². The third kappa shape index (κ3) is 2.77. The Balaban J connectivity index is 2.36. The number of anilines is 1. The summed E-state index contributed by atoms with van der Waals surface area (Å²) >= 11 is 3.25. The zero-order valence-corrected chi connectivity index (χ0v) is 14.4. The van der Waals surface area contributed by atoms with Gasteiger partial charge < -0.3 is 5.73 Å². The summed E-state index contributed by atoms with van der Waals surface area (Å²) < 4.78 is 15.1. The summed E-state index contributed by atoms with van der Waals surface area (Å²) in [6.07, 6.45) is 0. The first kappa shape index (κ1) is 16.2. The Morgan fingerprint density at radius 1 is 1.17 bits per heavy atom. The first-order chi connectivity index (χ1) is 11.5. The lowest BCUT2D eigenvalue weighted by molar-refractivity contribution is 0.630. The first-order valence-corrected chi connectivity index (χ1v) is 8.03. The second-order valence-electron chi connectivity index (χ2n) is 5.32. The van der Waals surface area contributed by atoms with Crippen LogP contribution in [0.5, 0.6) is 0 Å². The molecule has 24 heavy (non-hydrogen) atoms. The molecule has 0 radical (unpaired) electrons. The fraction of sp³-hybridized carbons (Fsp3) is 0.0526. The van der Waals surface area contributed by atoms with E-state index in [0.717, 1.165) is 5.56 Å². The van der Waals surface area contributed by atoms with Crippen LogP contribution in [0.25, 0.3) is 22.4 Å². The van der Waals surface area contributed by atoms with E-state index in [4.69, 9.17) is 5.73 Å². The Hall–Kier alpha value is -2.71. The minimum absolute atomic E-state index is 0.0965. The van der Waals surface area contributed by atoms with Crippen LogP contribution >= 0.6 is 15.9 Å². The molecule has 3 aromatic rings. The van der Waals surface area contributed by atoms with Crippen LogP contribution in [0.4, 0.5) is 10.2 Å². The lowest BCUT2D eigenvalue weighted by Gasteiger charge is -2.15. The number of benzene rings is 2. The van der Waals surface area contributed by atoms with E-state index in [9.17, 15) is 9.65 Å². The van der Waals surface area contributed by atoms with Crippen LogP contribution in [0.2, 0.25) is 0 Å². The number of hydrogen-bond acceptors (Lipinski definition) is 3. The van der Waals surface area contributed by atoms with Crippen LogP contribution in [0.1, 0.15) is 11.1 Å². The number of nitriles is 1. The molecule has 0 aliphatic rings. The van der Waals surface area contributed by atoms with Gasteiger partial charge in [0.25, 0.3) is 0 Å². The molecule has 1 heterocycles. The number of hydrogen-bond donors (Lipinski definition) is 1. The van der Waals surface area contributed by atoms with E-state index in [-0.39, 0.29) is 11.4 Å². The second-order valence-corrected chi connectivity index (χ2v) is 6.24. The van der Waals surface area contributed by atoms with Crippen LogP contribution in [-0.4, -0.2) is 4.98 Å². The van der Waals surface area contributed by atoms with Gasteiger partial charge >= 0.3 is 0 Å². The van der Waals surface area contributed by atoms with Gasteiger partial charge in [-0.3, -0.25) is 0 Å². The monoisotopic (exact) mass is 381 g/mol. The molecule has 0 saturated carbocycles. The van der Waals surface area contributed by atoms with Gasteiger partial charge in [0, 0.05) is 21.2 Å². The molecule has 0 aliphatic heterocycles. The molecule has 0 aliphatic carbocycles. The fourth-order valence-electron chi connectivity index (χ4n) is 2.71. The summed E-state index contributed by atoms with van der Waals surface area (Å²) in [7, 11) is 0. The summed E-state index contributed by atoms with van der Waals surface area (Å²) in [5, 5.41) is 9.49. The summed E-state index contributed by atoms with van der Waals surface area (Å²) in [6, 6.07) is 16.3. The zero-order valence-electron chi connectivity index (χ0n) is 12.8. The topological polar surface area (TPSA) is 62.7 Å². The average Bonchev–Trinajstić information content (AvgIpc) is 2.57. The molecule has 0 atom stereocenters. The molecule has 2 aromatic carbocycles. The molecule has 0 unspecified atom stereocenters. The standard InChI is InChI=1S/C19H13BrFN3/c1-11-17(14-8-7-13(20)9-16(14)21)15(10-22)19(23)24-18(11)12-5-3-2-4-6-12/h2-9H,1H3,(H2,23,24). The van der Waals surface area contributed by atoms with Crippen molar-refractivity contribution in [3.05, 3.63) is 69.9 Å². The van der Waals surface area contributed by atoms with Crippen molar-refractivity contribution in [3.63, 3.8) is 0 Å². The van der Waals surface area contributed by atoms with Crippen molar-refractivity contribution in [1.29, 1.82) is 5.26 Å². The minimum Gasteiger partial charge on any atom is -0.383 e. The fourth-order valence-corrected chi connectivity index (χ4v) is 3.05. The highest BCUT2D eigenvalue weighted by atomic mass is 79.9. The molecule has 2 N–H and O–H groups in total. The van der Waals surface area contributed by atoms with Gasteiger partial charge in [-0.2, -0.15) is 5.26 Å². The SMILES string of the molecule is Cc1c(-c2ccccc2)nc(N)c(C#N)c1-c1ccc(Br)cc1F. The zero-order chi connectivity index (χ0) is 17.3. The maximum absolute atomic E-state index is 14.5.